The third-order valence-electron chi connectivity index (χ3n) is 4.04. The highest BCUT2D eigenvalue weighted by atomic mass is 16.3. The van der Waals surface area contributed by atoms with Gasteiger partial charge in [0.1, 0.15) is 0 Å². The molecule has 1 N–H and O–H groups in total. The van der Waals surface area contributed by atoms with Crippen LogP contribution in [0.5, 0.6) is 0 Å². The molecule has 18 heavy (non-hydrogen) atoms. The number of aliphatic hydroxyl groups excluding tert-OH is 1. The van der Waals surface area contributed by atoms with Crippen molar-refractivity contribution in [3.05, 3.63) is 29.8 Å². The van der Waals surface area contributed by atoms with Crippen LogP contribution in [0.15, 0.2) is 24.3 Å². The van der Waals surface area contributed by atoms with E-state index in [1.807, 2.05) is 13.0 Å². The first-order valence-corrected chi connectivity index (χ1v) is 7.27. The fraction of sp³-hybridized carbons (Fsp3) is 0.625. The smallest absolute Gasteiger partial charge is 0.0781 e. The van der Waals surface area contributed by atoms with Crippen molar-refractivity contribution < 1.29 is 5.11 Å². The van der Waals surface area contributed by atoms with Crippen LogP contribution >= 0.6 is 0 Å². The van der Waals surface area contributed by atoms with Gasteiger partial charge in [0, 0.05) is 23.8 Å². The molecule has 1 unspecified atom stereocenters. The number of para-hydroxylation sites is 1. The number of anilines is 1. The van der Waals surface area contributed by atoms with Crippen LogP contribution in [-0.2, 0) is 0 Å². The van der Waals surface area contributed by atoms with Gasteiger partial charge in [-0.25, -0.2) is 0 Å². The van der Waals surface area contributed by atoms with Gasteiger partial charge in [-0.05, 0) is 32.3 Å². The zero-order chi connectivity index (χ0) is 13.0. The van der Waals surface area contributed by atoms with Crippen LogP contribution in [0.3, 0.4) is 0 Å². The summed E-state index contributed by atoms with van der Waals surface area (Å²) >= 11 is 0. The van der Waals surface area contributed by atoms with Gasteiger partial charge in [0.15, 0.2) is 0 Å². The summed E-state index contributed by atoms with van der Waals surface area (Å²) in [6.07, 6.45) is 6.03. The second-order valence-electron chi connectivity index (χ2n) is 5.34. The molecule has 0 aromatic heterocycles. The van der Waals surface area contributed by atoms with E-state index >= 15 is 0 Å². The molecule has 2 heteroatoms. The molecule has 1 heterocycles. The predicted octanol–water partition coefficient (Wildman–Crippen LogP) is 3.90. The fourth-order valence-electron chi connectivity index (χ4n) is 3.02. The molecule has 2 rings (SSSR count). The van der Waals surface area contributed by atoms with Crippen molar-refractivity contribution in [2.24, 2.45) is 0 Å². The standard InChI is InChI=1S/C16H25NO/c1-3-14-9-5-4-8-12-17(14)16-11-7-6-10-15(16)13(2)18/h6-7,10-11,13-14,18H,3-5,8-9,12H2,1-2H3/t13-,14?/m0/s1. The van der Waals surface area contributed by atoms with E-state index in [9.17, 15) is 5.11 Å². The maximum Gasteiger partial charge on any atom is 0.0781 e. The molecule has 0 bridgehead atoms. The van der Waals surface area contributed by atoms with Gasteiger partial charge in [-0.2, -0.15) is 0 Å². The van der Waals surface area contributed by atoms with Crippen molar-refractivity contribution in [3.63, 3.8) is 0 Å². The highest BCUT2D eigenvalue weighted by Gasteiger charge is 2.22. The summed E-state index contributed by atoms with van der Waals surface area (Å²) in [5.74, 6) is 0. The van der Waals surface area contributed by atoms with Gasteiger partial charge in [0.25, 0.3) is 0 Å². The van der Waals surface area contributed by atoms with E-state index < -0.39 is 0 Å². The molecule has 0 saturated carbocycles. The van der Waals surface area contributed by atoms with Crippen molar-refractivity contribution in [2.45, 2.75) is 58.1 Å². The average molecular weight is 247 g/mol. The second-order valence-corrected chi connectivity index (χ2v) is 5.34. The van der Waals surface area contributed by atoms with Crippen LogP contribution in [0.1, 0.15) is 57.6 Å². The highest BCUT2D eigenvalue weighted by molar-refractivity contribution is 5.55. The Kier molecular flexibility index (Phi) is 4.65. The molecular weight excluding hydrogens is 222 g/mol. The SMILES string of the molecule is CCC1CCCCCN1c1ccccc1[C@H](C)O. The molecule has 100 valence electrons. The number of hydrogen-bond acceptors (Lipinski definition) is 2. The van der Waals surface area contributed by atoms with Crippen LogP contribution in [0.4, 0.5) is 5.69 Å². The molecule has 1 aromatic rings. The minimum atomic E-state index is -0.387. The summed E-state index contributed by atoms with van der Waals surface area (Å²) in [4.78, 5) is 2.52. The molecule has 0 spiro atoms. The molecule has 0 aliphatic carbocycles. The zero-order valence-electron chi connectivity index (χ0n) is 11.6. The third kappa shape index (κ3) is 2.86. The highest BCUT2D eigenvalue weighted by Crippen LogP contribution is 2.31. The Bertz CT molecular complexity index is 375. The van der Waals surface area contributed by atoms with Gasteiger partial charge in [-0.3, -0.25) is 0 Å². The lowest BCUT2D eigenvalue weighted by Gasteiger charge is -2.33. The number of hydrogen-bond donors (Lipinski definition) is 1. The third-order valence-corrected chi connectivity index (χ3v) is 4.04. The van der Waals surface area contributed by atoms with Crippen LogP contribution in [-0.4, -0.2) is 17.7 Å². The summed E-state index contributed by atoms with van der Waals surface area (Å²) in [6, 6.07) is 8.95. The van der Waals surface area contributed by atoms with Gasteiger partial charge < -0.3 is 10.0 Å². The van der Waals surface area contributed by atoms with Crippen molar-refractivity contribution in [2.75, 3.05) is 11.4 Å². The Morgan fingerprint density at radius 3 is 2.78 bits per heavy atom. The number of nitrogens with zero attached hydrogens (tertiary/aromatic N) is 1. The van der Waals surface area contributed by atoms with Gasteiger partial charge >= 0.3 is 0 Å². The molecule has 1 aromatic carbocycles. The maximum atomic E-state index is 9.94. The Hall–Kier alpha value is -1.02. The Morgan fingerprint density at radius 1 is 1.28 bits per heavy atom. The summed E-state index contributed by atoms with van der Waals surface area (Å²) < 4.78 is 0. The Morgan fingerprint density at radius 2 is 2.06 bits per heavy atom. The number of benzene rings is 1. The normalized spacial score (nSPS) is 22.6. The molecular formula is C16H25NO. The summed E-state index contributed by atoms with van der Waals surface area (Å²) in [5.41, 5.74) is 2.30. The molecule has 0 amide bonds. The monoisotopic (exact) mass is 247 g/mol. The predicted molar refractivity (Wildman–Crippen MR) is 77.0 cm³/mol. The molecule has 1 aliphatic rings. The quantitative estimate of drug-likeness (QED) is 0.875. The molecule has 2 atom stereocenters. The Balaban J connectivity index is 2.32. The van der Waals surface area contributed by atoms with E-state index in [-0.39, 0.29) is 6.10 Å². The summed E-state index contributed by atoms with van der Waals surface area (Å²) in [7, 11) is 0. The van der Waals surface area contributed by atoms with Gasteiger partial charge in [0.05, 0.1) is 6.10 Å². The molecule has 1 saturated heterocycles. The van der Waals surface area contributed by atoms with Crippen molar-refractivity contribution in [3.8, 4) is 0 Å². The topological polar surface area (TPSA) is 23.5 Å². The number of aliphatic hydroxyl groups is 1. The Labute approximate surface area is 111 Å². The summed E-state index contributed by atoms with van der Waals surface area (Å²) in [5, 5.41) is 9.94. The van der Waals surface area contributed by atoms with Crippen LogP contribution in [0, 0.1) is 0 Å². The lowest BCUT2D eigenvalue weighted by molar-refractivity contribution is 0.199. The van der Waals surface area contributed by atoms with E-state index in [2.05, 4.69) is 30.0 Å². The van der Waals surface area contributed by atoms with Gasteiger partial charge in [0.2, 0.25) is 0 Å². The van der Waals surface area contributed by atoms with Crippen LogP contribution in [0.2, 0.25) is 0 Å². The zero-order valence-corrected chi connectivity index (χ0v) is 11.6. The molecule has 1 aliphatic heterocycles. The van der Waals surface area contributed by atoms with E-state index in [1.165, 1.54) is 37.8 Å². The van der Waals surface area contributed by atoms with E-state index in [0.717, 1.165) is 12.1 Å². The lowest BCUT2D eigenvalue weighted by atomic mass is 10.0. The lowest BCUT2D eigenvalue weighted by Crippen LogP contribution is -2.35. The minimum Gasteiger partial charge on any atom is -0.389 e. The van der Waals surface area contributed by atoms with Gasteiger partial charge in [-0.15, -0.1) is 0 Å². The van der Waals surface area contributed by atoms with Gasteiger partial charge in [-0.1, -0.05) is 38.0 Å². The van der Waals surface area contributed by atoms with E-state index in [4.69, 9.17) is 0 Å². The molecule has 0 radical (unpaired) electrons. The van der Waals surface area contributed by atoms with E-state index in [1.54, 1.807) is 0 Å². The summed E-state index contributed by atoms with van der Waals surface area (Å²) in [6.45, 7) is 5.26. The molecule has 2 nitrogen and oxygen atoms in total. The van der Waals surface area contributed by atoms with Crippen LogP contribution < -0.4 is 4.90 Å². The second kappa shape index (κ2) is 6.24. The van der Waals surface area contributed by atoms with Crippen LogP contribution in [0.25, 0.3) is 0 Å². The number of rotatable bonds is 3. The average Bonchev–Trinajstić information content (AvgIpc) is 2.63. The fourth-order valence-corrected chi connectivity index (χ4v) is 3.02. The van der Waals surface area contributed by atoms with Crippen molar-refractivity contribution >= 4 is 5.69 Å². The van der Waals surface area contributed by atoms with Crippen molar-refractivity contribution in [1.82, 2.24) is 0 Å². The first-order chi connectivity index (χ1) is 8.74. The van der Waals surface area contributed by atoms with E-state index in [0.29, 0.717) is 6.04 Å². The largest absolute Gasteiger partial charge is 0.389 e. The first kappa shape index (κ1) is 13.4. The molecule has 1 fully saturated rings. The first-order valence-electron chi connectivity index (χ1n) is 7.27. The minimum absolute atomic E-state index is 0.387. The van der Waals surface area contributed by atoms with Crippen molar-refractivity contribution in [1.29, 1.82) is 0 Å². The maximum absolute atomic E-state index is 9.94.